The maximum atomic E-state index is 13.7. The summed E-state index contributed by atoms with van der Waals surface area (Å²) in [5.74, 6) is -0.820. The average Bonchev–Trinajstić information content (AvgIpc) is 3.34. The number of hydrogen-bond acceptors (Lipinski definition) is 6. The fraction of sp³-hybridized carbons (Fsp3) is 0.0870. The predicted octanol–water partition coefficient (Wildman–Crippen LogP) is 0.816. The maximum Gasteiger partial charge on any atom is 0.287 e. The highest BCUT2D eigenvalue weighted by Gasteiger charge is 2.25. The van der Waals surface area contributed by atoms with Crippen LogP contribution in [0.5, 0.6) is 5.75 Å². The lowest BCUT2D eigenvalue weighted by Gasteiger charge is -2.12. The summed E-state index contributed by atoms with van der Waals surface area (Å²) in [5.41, 5.74) is 14.1. The van der Waals surface area contributed by atoms with Crippen LogP contribution in [-0.4, -0.2) is 25.6 Å². The number of aryl methyl sites for hydroxylation is 1. The summed E-state index contributed by atoms with van der Waals surface area (Å²) < 4.78 is 14.9. The molecule has 0 amide bonds. The fourth-order valence-electron chi connectivity index (χ4n) is 3.49. The summed E-state index contributed by atoms with van der Waals surface area (Å²) in [4.78, 5) is 26.0. The molecular formula is C23H23FN5O3PS+2. The summed E-state index contributed by atoms with van der Waals surface area (Å²) in [6.45, 7) is 1.68. The molecule has 0 aliphatic carbocycles. The Labute approximate surface area is 199 Å². The van der Waals surface area contributed by atoms with Crippen molar-refractivity contribution in [1.29, 1.82) is 0 Å². The quantitative estimate of drug-likeness (QED) is 0.115. The Morgan fingerprint density at radius 1 is 1.26 bits per heavy atom. The third-order valence-corrected chi connectivity index (χ3v) is 6.67. The van der Waals surface area contributed by atoms with E-state index in [1.54, 1.807) is 48.7 Å². The third kappa shape index (κ3) is 4.70. The summed E-state index contributed by atoms with van der Waals surface area (Å²) in [6.07, 6.45) is 0. The van der Waals surface area contributed by atoms with Gasteiger partial charge >= 0.3 is 0 Å². The van der Waals surface area contributed by atoms with Crippen LogP contribution in [0.25, 0.3) is 11.3 Å². The molecule has 11 heteroatoms. The molecule has 0 aliphatic heterocycles. The van der Waals surface area contributed by atoms with Gasteiger partial charge in [0.2, 0.25) is 0 Å². The Morgan fingerprint density at radius 3 is 2.74 bits per heavy atom. The number of benzene rings is 2. The van der Waals surface area contributed by atoms with Crippen molar-refractivity contribution in [3.05, 3.63) is 86.1 Å². The van der Waals surface area contributed by atoms with Crippen LogP contribution < -0.4 is 27.3 Å². The summed E-state index contributed by atoms with van der Waals surface area (Å²) in [6, 6.07) is 11.2. The molecular weight excluding hydrogens is 476 g/mol. The SMILES string of the molecule is Cc1cc(Cn2nc(-c3ccsc3)c(O)c(C(N)=[NH+]c3ccc(N)cc3[PH2+]O)c2=O)ccc1F. The molecule has 0 saturated heterocycles. The molecule has 0 radical (unpaired) electrons. The van der Waals surface area contributed by atoms with Crippen molar-refractivity contribution in [1.82, 2.24) is 9.78 Å². The molecule has 0 saturated carbocycles. The van der Waals surface area contributed by atoms with Crippen molar-refractivity contribution in [3.63, 3.8) is 0 Å². The van der Waals surface area contributed by atoms with Crippen LogP contribution in [0, 0.1) is 12.7 Å². The van der Waals surface area contributed by atoms with Crippen LogP contribution in [0.15, 0.2) is 58.0 Å². The van der Waals surface area contributed by atoms with Gasteiger partial charge in [-0.1, -0.05) is 12.1 Å². The number of nitrogen functional groups attached to an aromatic ring is 2. The van der Waals surface area contributed by atoms with E-state index in [0.29, 0.717) is 33.4 Å². The van der Waals surface area contributed by atoms with E-state index in [0.717, 1.165) is 0 Å². The van der Waals surface area contributed by atoms with Gasteiger partial charge in [-0.3, -0.25) is 15.4 Å². The number of thiophene rings is 1. The van der Waals surface area contributed by atoms with E-state index in [2.05, 4.69) is 10.1 Å². The molecule has 8 nitrogen and oxygen atoms in total. The van der Waals surface area contributed by atoms with Crippen molar-refractivity contribution >= 4 is 42.7 Å². The second-order valence-electron chi connectivity index (χ2n) is 7.65. The topological polar surface area (TPSA) is 141 Å². The normalized spacial score (nSPS) is 12.0. The van der Waals surface area contributed by atoms with E-state index in [-0.39, 0.29) is 35.2 Å². The average molecular weight is 500 g/mol. The van der Waals surface area contributed by atoms with Crippen molar-refractivity contribution in [2.45, 2.75) is 13.5 Å². The molecule has 34 heavy (non-hydrogen) atoms. The zero-order valence-electron chi connectivity index (χ0n) is 18.1. The van der Waals surface area contributed by atoms with E-state index in [1.165, 1.54) is 22.1 Å². The lowest BCUT2D eigenvalue weighted by Crippen LogP contribution is -2.72. The van der Waals surface area contributed by atoms with Crippen molar-refractivity contribution in [3.8, 4) is 17.0 Å². The van der Waals surface area contributed by atoms with E-state index < -0.39 is 14.4 Å². The number of hydrogen-bond donors (Lipinski definition) is 5. The van der Waals surface area contributed by atoms with E-state index in [4.69, 9.17) is 11.5 Å². The van der Waals surface area contributed by atoms with Gasteiger partial charge in [0.1, 0.15) is 11.5 Å². The number of amidine groups is 1. The number of rotatable bonds is 6. The second-order valence-corrected chi connectivity index (χ2v) is 9.31. The first-order valence-corrected chi connectivity index (χ1v) is 12.2. The summed E-state index contributed by atoms with van der Waals surface area (Å²) in [7, 11) is -1.08. The molecule has 7 N–H and O–H groups in total. The molecule has 1 atom stereocenters. The minimum Gasteiger partial charge on any atom is -0.505 e. The van der Waals surface area contributed by atoms with Gasteiger partial charge in [-0.2, -0.15) is 16.4 Å². The second kappa shape index (κ2) is 9.72. The molecule has 4 aromatic rings. The highest BCUT2D eigenvalue weighted by Crippen LogP contribution is 2.29. The van der Waals surface area contributed by atoms with Gasteiger partial charge in [0.25, 0.3) is 11.4 Å². The van der Waals surface area contributed by atoms with Crippen LogP contribution in [0.3, 0.4) is 0 Å². The lowest BCUT2D eigenvalue weighted by atomic mass is 10.1. The van der Waals surface area contributed by atoms with Crippen molar-refractivity contribution in [2.24, 2.45) is 5.73 Å². The monoisotopic (exact) mass is 499 g/mol. The Balaban J connectivity index is 1.89. The minimum absolute atomic E-state index is 0.0472. The van der Waals surface area contributed by atoms with Crippen LogP contribution >= 0.6 is 20.1 Å². The fourth-order valence-corrected chi connectivity index (χ4v) is 4.71. The van der Waals surface area contributed by atoms with Gasteiger partial charge in [0.05, 0.1) is 6.54 Å². The Bertz CT molecular complexity index is 1450. The first-order chi connectivity index (χ1) is 16.3. The van der Waals surface area contributed by atoms with Gasteiger partial charge in [0, 0.05) is 22.7 Å². The molecule has 2 aromatic carbocycles. The minimum atomic E-state index is -1.08. The van der Waals surface area contributed by atoms with Gasteiger partial charge in [-0.15, -0.1) is 0 Å². The Hall–Kier alpha value is -3.59. The van der Waals surface area contributed by atoms with Crippen LogP contribution in [0.4, 0.5) is 15.8 Å². The van der Waals surface area contributed by atoms with Gasteiger partial charge in [-0.05, 0) is 47.7 Å². The standard InChI is InChI=1S/C23H21FN5O3PS/c1-12-8-13(2-4-16(12)24)10-29-23(31)19(21(30)20(28-29)14-6-7-34-11-14)22(26)27-17-5-3-15(25)9-18(17)33-32/h2-9,11,30,32-33H,10,25H2,1H3,(H2,26,27)/p+2. The summed E-state index contributed by atoms with van der Waals surface area (Å²) in [5, 5.41) is 19.5. The molecule has 0 fully saturated rings. The smallest absolute Gasteiger partial charge is 0.287 e. The van der Waals surface area contributed by atoms with Crippen LogP contribution in [0.2, 0.25) is 0 Å². The molecule has 4 rings (SSSR count). The molecule has 0 aliphatic rings. The lowest BCUT2D eigenvalue weighted by molar-refractivity contribution is -0.352. The van der Waals surface area contributed by atoms with E-state index >= 15 is 0 Å². The maximum absolute atomic E-state index is 13.7. The number of aromatic nitrogens is 2. The van der Waals surface area contributed by atoms with E-state index in [1.807, 2.05) is 5.38 Å². The van der Waals surface area contributed by atoms with Crippen molar-refractivity contribution < 1.29 is 19.4 Å². The van der Waals surface area contributed by atoms with Crippen molar-refractivity contribution in [2.75, 3.05) is 5.73 Å². The van der Waals surface area contributed by atoms with Crippen LogP contribution in [-0.2, 0) is 6.54 Å². The number of nitrogens with one attached hydrogen (secondary N) is 1. The zero-order chi connectivity index (χ0) is 24.4. The highest BCUT2D eigenvalue weighted by molar-refractivity contribution is 7.41. The molecule has 2 aromatic heterocycles. The number of nitrogens with two attached hydrogens (primary N) is 2. The molecule has 0 bridgehead atoms. The van der Waals surface area contributed by atoms with E-state index in [9.17, 15) is 19.2 Å². The Morgan fingerprint density at radius 2 is 2.06 bits per heavy atom. The number of anilines is 1. The van der Waals surface area contributed by atoms with Gasteiger partial charge < -0.3 is 10.8 Å². The number of halogens is 1. The Kier molecular flexibility index (Phi) is 6.74. The first kappa shape index (κ1) is 23.6. The summed E-state index contributed by atoms with van der Waals surface area (Å²) >= 11 is 1.41. The van der Waals surface area contributed by atoms with Gasteiger partial charge in [-0.25, -0.2) is 14.1 Å². The predicted molar refractivity (Wildman–Crippen MR) is 135 cm³/mol. The van der Waals surface area contributed by atoms with Gasteiger partial charge in [0.15, 0.2) is 31.1 Å². The largest absolute Gasteiger partial charge is 0.505 e. The highest BCUT2D eigenvalue weighted by atomic mass is 32.1. The number of nitrogens with zero attached hydrogens (tertiary/aromatic N) is 2. The molecule has 0 spiro atoms. The molecule has 174 valence electrons. The third-order valence-electron chi connectivity index (χ3n) is 5.23. The molecule has 1 unspecified atom stereocenters. The first-order valence-electron chi connectivity index (χ1n) is 10.2. The zero-order valence-corrected chi connectivity index (χ0v) is 20.1. The number of aromatic hydroxyl groups is 1. The molecule has 2 heterocycles. The van der Waals surface area contributed by atoms with Crippen LogP contribution in [0.1, 0.15) is 16.7 Å².